The van der Waals surface area contributed by atoms with Gasteiger partial charge in [-0.1, -0.05) is 0 Å². The molecule has 1 aromatic rings. The second kappa shape index (κ2) is 5.37. The zero-order valence-electron chi connectivity index (χ0n) is 8.84. The highest BCUT2D eigenvalue weighted by molar-refractivity contribution is 9.10. The van der Waals surface area contributed by atoms with Gasteiger partial charge in [0.1, 0.15) is 5.82 Å². The van der Waals surface area contributed by atoms with Crippen molar-refractivity contribution in [2.45, 2.75) is 18.6 Å². The van der Waals surface area contributed by atoms with Crippen LogP contribution in [-0.4, -0.2) is 27.5 Å². The van der Waals surface area contributed by atoms with Crippen molar-refractivity contribution in [3.05, 3.63) is 16.0 Å². The Morgan fingerprint density at radius 1 is 1.60 bits per heavy atom. The fraction of sp³-hybridized carbons (Fsp3) is 0.556. The normalized spacial score (nSPS) is 11.5. The van der Waals surface area contributed by atoms with Crippen LogP contribution in [0.4, 0.5) is 5.82 Å². The van der Waals surface area contributed by atoms with Gasteiger partial charge in [-0.05, 0) is 47.6 Å². The molecule has 1 aromatic heterocycles. The second-order valence-corrected chi connectivity index (χ2v) is 6.36. The second-order valence-electron chi connectivity index (χ2n) is 3.65. The molecule has 0 bridgehead atoms. The van der Waals surface area contributed by atoms with Gasteiger partial charge in [-0.25, -0.2) is 4.98 Å². The van der Waals surface area contributed by atoms with E-state index in [0.717, 1.165) is 16.8 Å². The van der Waals surface area contributed by atoms with E-state index in [-0.39, 0.29) is 10.0 Å². The molecule has 0 saturated carbocycles. The first-order valence-electron chi connectivity index (χ1n) is 4.42. The van der Waals surface area contributed by atoms with Crippen LogP contribution < -0.4 is 5.32 Å². The monoisotopic (exact) mass is 309 g/mol. The highest BCUT2D eigenvalue weighted by Gasteiger charge is 2.16. The number of hydrogen-bond acceptors (Lipinski definition) is 4. The Bertz CT molecular complexity index is 346. The summed E-state index contributed by atoms with van der Waals surface area (Å²) >= 11 is 10.9. The minimum atomic E-state index is 0.164. The summed E-state index contributed by atoms with van der Waals surface area (Å²) in [7, 11) is 0. The van der Waals surface area contributed by atoms with Crippen LogP contribution in [0.15, 0.2) is 10.7 Å². The number of thioether (sulfide) groups is 1. The number of halogens is 2. The molecule has 84 valence electrons. The zero-order chi connectivity index (χ0) is 11.5. The van der Waals surface area contributed by atoms with Crippen molar-refractivity contribution in [2.75, 3.05) is 18.1 Å². The molecule has 0 spiro atoms. The maximum Gasteiger partial charge on any atom is 0.224 e. The molecule has 3 nitrogen and oxygen atoms in total. The number of aromatic nitrogens is 2. The van der Waals surface area contributed by atoms with Crippen molar-refractivity contribution < 1.29 is 0 Å². The Balaban J connectivity index is 2.69. The van der Waals surface area contributed by atoms with Crippen LogP contribution in [0.1, 0.15) is 13.8 Å². The molecule has 15 heavy (non-hydrogen) atoms. The number of anilines is 1. The molecule has 6 heteroatoms. The van der Waals surface area contributed by atoms with Gasteiger partial charge in [-0.3, -0.25) is 0 Å². The average Bonchev–Trinajstić information content (AvgIpc) is 2.20. The van der Waals surface area contributed by atoms with Gasteiger partial charge in [-0.15, -0.1) is 0 Å². The van der Waals surface area contributed by atoms with Crippen LogP contribution in [0.2, 0.25) is 5.28 Å². The average molecular weight is 311 g/mol. The van der Waals surface area contributed by atoms with Crippen LogP contribution in [0, 0.1) is 0 Å². The lowest BCUT2D eigenvalue weighted by molar-refractivity contribution is 0.749. The van der Waals surface area contributed by atoms with E-state index in [2.05, 4.69) is 51.3 Å². The van der Waals surface area contributed by atoms with Gasteiger partial charge < -0.3 is 5.32 Å². The fourth-order valence-electron chi connectivity index (χ4n) is 0.838. The maximum atomic E-state index is 5.71. The lowest BCUT2D eigenvalue weighted by atomic mass is 10.2. The van der Waals surface area contributed by atoms with E-state index in [1.807, 2.05) is 0 Å². The van der Waals surface area contributed by atoms with Crippen molar-refractivity contribution in [1.29, 1.82) is 0 Å². The summed E-state index contributed by atoms with van der Waals surface area (Å²) in [5.41, 5.74) is 0. The van der Waals surface area contributed by atoms with E-state index in [9.17, 15) is 0 Å². The predicted molar refractivity (Wildman–Crippen MR) is 70.8 cm³/mol. The molecule has 0 aliphatic rings. The minimum absolute atomic E-state index is 0.164. The van der Waals surface area contributed by atoms with Crippen LogP contribution in [-0.2, 0) is 0 Å². The molecule has 0 saturated heterocycles. The Hall–Kier alpha value is -0.000000000000000111. The van der Waals surface area contributed by atoms with Crippen LogP contribution in [0.5, 0.6) is 0 Å². The van der Waals surface area contributed by atoms with Crippen molar-refractivity contribution in [2.24, 2.45) is 0 Å². The summed E-state index contributed by atoms with van der Waals surface area (Å²) < 4.78 is 0.987. The van der Waals surface area contributed by atoms with Crippen molar-refractivity contribution in [1.82, 2.24) is 9.97 Å². The van der Waals surface area contributed by atoms with Gasteiger partial charge in [0.2, 0.25) is 5.28 Å². The van der Waals surface area contributed by atoms with Crippen molar-refractivity contribution >= 4 is 45.1 Å². The largest absolute Gasteiger partial charge is 0.368 e. The molecule has 0 aromatic carbocycles. The van der Waals surface area contributed by atoms with E-state index in [1.54, 1.807) is 18.0 Å². The lowest BCUT2D eigenvalue weighted by Crippen LogP contribution is -2.26. The van der Waals surface area contributed by atoms with Gasteiger partial charge in [0.05, 0.1) is 4.47 Å². The standard InChI is InChI=1S/C9H13BrClN3S/c1-9(2,15-3)5-13-7-6(10)4-12-8(11)14-7/h4H,5H2,1-3H3,(H,12,13,14). The minimum Gasteiger partial charge on any atom is -0.368 e. The first kappa shape index (κ1) is 13.1. The number of nitrogens with one attached hydrogen (secondary N) is 1. The molecule has 1 heterocycles. The Morgan fingerprint density at radius 3 is 2.87 bits per heavy atom. The molecule has 0 atom stereocenters. The van der Waals surface area contributed by atoms with Crippen LogP contribution >= 0.6 is 39.3 Å². The van der Waals surface area contributed by atoms with Gasteiger partial charge in [0, 0.05) is 17.5 Å². The first-order valence-corrected chi connectivity index (χ1v) is 6.81. The smallest absolute Gasteiger partial charge is 0.224 e. The SMILES string of the molecule is CSC(C)(C)CNc1nc(Cl)ncc1Br. The number of hydrogen-bond donors (Lipinski definition) is 1. The van der Waals surface area contributed by atoms with Crippen molar-refractivity contribution in [3.63, 3.8) is 0 Å². The maximum absolute atomic E-state index is 5.71. The molecule has 1 rings (SSSR count). The van der Waals surface area contributed by atoms with Gasteiger partial charge >= 0.3 is 0 Å². The summed E-state index contributed by atoms with van der Waals surface area (Å²) in [6.07, 6.45) is 3.73. The Labute approximate surface area is 108 Å². The molecule has 0 amide bonds. The van der Waals surface area contributed by atoms with E-state index in [0.29, 0.717) is 0 Å². The fourth-order valence-corrected chi connectivity index (χ4v) is 1.52. The lowest BCUT2D eigenvalue weighted by Gasteiger charge is -2.22. The first-order chi connectivity index (χ1) is 6.94. The Morgan fingerprint density at radius 2 is 2.27 bits per heavy atom. The summed E-state index contributed by atoms with van der Waals surface area (Å²) in [6.45, 7) is 5.16. The van der Waals surface area contributed by atoms with Crippen LogP contribution in [0.25, 0.3) is 0 Å². The van der Waals surface area contributed by atoms with E-state index in [1.165, 1.54) is 0 Å². The van der Waals surface area contributed by atoms with Crippen LogP contribution in [0.3, 0.4) is 0 Å². The summed E-state index contributed by atoms with van der Waals surface area (Å²) in [6, 6.07) is 0. The molecule has 0 aliphatic carbocycles. The third kappa shape index (κ3) is 4.17. The summed E-state index contributed by atoms with van der Waals surface area (Å²) in [4.78, 5) is 7.96. The topological polar surface area (TPSA) is 37.8 Å². The Kier molecular flexibility index (Phi) is 4.67. The molecule has 1 N–H and O–H groups in total. The molecule has 0 unspecified atom stereocenters. The number of nitrogens with zero attached hydrogens (tertiary/aromatic N) is 2. The van der Waals surface area contributed by atoms with Crippen molar-refractivity contribution in [3.8, 4) is 0 Å². The van der Waals surface area contributed by atoms with Gasteiger partial charge in [-0.2, -0.15) is 16.7 Å². The zero-order valence-corrected chi connectivity index (χ0v) is 12.0. The molecular formula is C9H13BrClN3S. The van der Waals surface area contributed by atoms with E-state index in [4.69, 9.17) is 11.6 Å². The van der Waals surface area contributed by atoms with Gasteiger partial charge in [0.25, 0.3) is 0 Å². The highest BCUT2D eigenvalue weighted by atomic mass is 79.9. The molecule has 0 aliphatic heterocycles. The summed E-state index contributed by atoms with van der Waals surface area (Å²) in [5, 5.41) is 3.49. The van der Waals surface area contributed by atoms with Gasteiger partial charge in [0.15, 0.2) is 0 Å². The predicted octanol–water partition coefficient (Wildman–Crippen LogP) is 3.45. The highest BCUT2D eigenvalue weighted by Crippen LogP contribution is 2.24. The van der Waals surface area contributed by atoms with E-state index >= 15 is 0 Å². The van der Waals surface area contributed by atoms with E-state index < -0.39 is 0 Å². The summed E-state index contributed by atoms with van der Waals surface area (Å²) in [5.74, 6) is 0.733. The molecule has 0 fully saturated rings. The third-order valence-corrected chi connectivity index (χ3v) is 3.96. The third-order valence-electron chi connectivity index (χ3n) is 1.95. The number of rotatable bonds is 4. The molecular weight excluding hydrogens is 298 g/mol. The quantitative estimate of drug-likeness (QED) is 0.865. The molecule has 0 radical (unpaired) electrons.